The van der Waals surface area contributed by atoms with E-state index in [9.17, 15) is 19.8 Å². The molecule has 6 heteroatoms. The van der Waals surface area contributed by atoms with Crippen LogP contribution in [0, 0.1) is 11.3 Å². The first-order valence-corrected chi connectivity index (χ1v) is 9.55. The van der Waals surface area contributed by atoms with Crippen LogP contribution in [0.3, 0.4) is 0 Å². The van der Waals surface area contributed by atoms with Crippen LogP contribution in [-0.2, 0) is 0 Å². The molecule has 1 fully saturated rings. The van der Waals surface area contributed by atoms with E-state index in [2.05, 4.69) is 18.7 Å². The maximum atomic E-state index is 12.8. The van der Waals surface area contributed by atoms with Gasteiger partial charge in [-0.15, -0.1) is 0 Å². The fraction of sp³-hybridized carbons (Fsp3) is 0.619. The van der Waals surface area contributed by atoms with Crippen LogP contribution in [0.5, 0.6) is 0 Å². The van der Waals surface area contributed by atoms with Crippen LogP contribution in [0.4, 0.5) is 0 Å². The minimum atomic E-state index is -0.634. The number of imide groups is 1. The Balaban J connectivity index is 1.72. The summed E-state index contributed by atoms with van der Waals surface area (Å²) in [6.45, 7) is 10.0. The number of carbonyl (C=O) groups is 2. The number of carbonyl (C=O) groups excluding carboxylic acids is 2. The van der Waals surface area contributed by atoms with Crippen LogP contribution in [-0.4, -0.2) is 69.7 Å². The molecule has 0 saturated carbocycles. The second kappa shape index (κ2) is 7.00. The molecule has 0 aliphatic carbocycles. The van der Waals surface area contributed by atoms with Gasteiger partial charge in [0.05, 0.1) is 17.2 Å². The van der Waals surface area contributed by atoms with Gasteiger partial charge in [-0.3, -0.25) is 19.4 Å². The predicted molar refractivity (Wildman–Crippen MR) is 102 cm³/mol. The number of hydrogen-bond donors (Lipinski definition) is 2. The van der Waals surface area contributed by atoms with Crippen LogP contribution in [0.15, 0.2) is 24.3 Å². The van der Waals surface area contributed by atoms with Gasteiger partial charge in [-0.25, -0.2) is 0 Å². The summed E-state index contributed by atoms with van der Waals surface area (Å²) in [5.74, 6) is -0.563. The van der Waals surface area contributed by atoms with Crippen LogP contribution >= 0.6 is 0 Å². The Bertz CT molecular complexity index is 708. The fourth-order valence-corrected chi connectivity index (χ4v) is 4.90. The number of benzene rings is 1. The van der Waals surface area contributed by atoms with Gasteiger partial charge >= 0.3 is 0 Å². The largest absolute Gasteiger partial charge is 0.396 e. The third kappa shape index (κ3) is 3.79. The van der Waals surface area contributed by atoms with E-state index >= 15 is 0 Å². The second-order valence-electron chi connectivity index (χ2n) is 9.35. The molecule has 1 aromatic rings. The van der Waals surface area contributed by atoms with Gasteiger partial charge in [0.2, 0.25) is 0 Å². The van der Waals surface area contributed by atoms with Crippen molar-refractivity contribution in [1.29, 1.82) is 0 Å². The number of fused-ring (bicyclic) bond motifs is 1. The van der Waals surface area contributed by atoms with Gasteiger partial charge in [-0.2, -0.15) is 0 Å². The highest BCUT2D eigenvalue weighted by Crippen LogP contribution is 2.38. The number of aliphatic hydroxyl groups excluding tert-OH is 2. The Morgan fingerprint density at radius 3 is 2.07 bits per heavy atom. The second-order valence-corrected chi connectivity index (χ2v) is 9.35. The molecule has 0 unspecified atom stereocenters. The Hall–Kier alpha value is -1.76. The first-order valence-electron chi connectivity index (χ1n) is 9.55. The van der Waals surface area contributed by atoms with E-state index in [0.29, 0.717) is 30.6 Å². The van der Waals surface area contributed by atoms with Gasteiger partial charge in [0, 0.05) is 37.7 Å². The summed E-state index contributed by atoms with van der Waals surface area (Å²) in [5, 5.41) is 19.4. The maximum Gasteiger partial charge on any atom is 0.262 e. The van der Waals surface area contributed by atoms with Crippen molar-refractivity contribution in [3.8, 4) is 0 Å². The summed E-state index contributed by atoms with van der Waals surface area (Å²) in [6, 6.07) is 6.97. The SMILES string of the molecule is CC(C)(CN1C[C@@H](CO)[C@@H](O)C1)CC(C)(C)N1C(=O)c2ccccc2C1=O. The third-order valence-electron chi connectivity index (χ3n) is 5.68. The van der Waals surface area contributed by atoms with Gasteiger partial charge in [0.15, 0.2) is 0 Å². The average molecular weight is 374 g/mol. The Morgan fingerprint density at radius 1 is 1.04 bits per heavy atom. The summed E-state index contributed by atoms with van der Waals surface area (Å²) >= 11 is 0. The highest BCUT2D eigenvalue weighted by Gasteiger charge is 2.46. The van der Waals surface area contributed by atoms with Gasteiger partial charge < -0.3 is 10.2 Å². The van der Waals surface area contributed by atoms with Crippen molar-refractivity contribution >= 4 is 11.8 Å². The summed E-state index contributed by atoms with van der Waals surface area (Å²) in [4.78, 5) is 29.2. The summed E-state index contributed by atoms with van der Waals surface area (Å²) in [6.07, 6.45) is 0.136. The van der Waals surface area contributed by atoms with Gasteiger partial charge in [0.1, 0.15) is 0 Å². The normalized spacial score (nSPS) is 24.0. The summed E-state index contributed by atoms with van der Waals surface area (Å²) < 4.78 is 0. The van der Waals surface area contributed by atoms with E-state index in [1.165, 1.54) is 4.90 Å². The van der Waals surface area contributed by atoms with Crippen molar-refractivity contribution in [2.24, 2.45) is 11.3 Å². The van der Waals surface area contributed by atoms with E-state index in [0.717, 1.165) is 6.54 Å². The summed E-state index contributed by atoms with van der Waals surface area (Å²) in [5.41, 5.74) is 0.137. The van der Waals surface area contributed by atoms with Crippen molar-refractivity contribution in [3.05, 3.63) is 35.4 Å². The lowest BCUT2D eigenvalue weighted by atomic mass is 9.78. The molecule has 0 spiro atoms. The fourth-order valence-electron chi connectivity index (χ4n) is 4.90. The Kier molecular flexibility index (Phi) is 5.18. The standard InChI is InChI=1S/C21H30N2O4/c1-20(2,13-22-9-14(11-24)17(25)10-22)12-21(3,4)23-18(26)15-7-5-6-8-16(15)19(23)27/h5-8,14,17,24-25H,9-13H2,1-4H3/t14-,17-/m0/s1. The van der Waals surface area contributed by atoms with E-state index in [1.807, 2.05) is 13.8 Å². The van der Waals surface area contributed by atoms with Crippen molar-refractivity contribution in [3.63, 3.8) is 0 Å². The first-order chi connectivity index (χ1) is 12.6. The zero-order valence-electron chi connectivity index (χ0n) is 16.6. The number of amides is 2. The predicted octanol–water partition coefficient (Wildman–Crippen LogP) is 1.76. The minimum Gasteiger partial charge on any atom is -0.396 e. The molecule has 2 aliphatic heterocycles. The smallest absolute Gasteiger partial charge is 0.262 e. The van der Waals surface area contributed by atoms with Crippen LogP contribution in [0.2, 0.25) is 0 Å². The molecule has 148 valence electrons. The van der Waals surface area contributed by atoms with Crippen LogP contribution in [0.1, 0.15) is 54.8 Å². The lowest BCUT2D eigenvalue weighted by molar-refractivity contribution is 0.0362. The van der Waals surface area contributed by atoms with Crippen molar-refractivity contribution in [1.82, 2.24) is 9.80 Å². The first kappa shape index (κ1) is 20.0. The molecular weight excluding hydrogens is 344 g/mol. The quantitative estimate of drug-likeness (QED) is 0.742. The topological polar surface area (TPSA) is 81.1 Å². The number of β-amino-alcohol motifs (C(OH)–C–C–N with tert-alkyl or cyclic N) is 1. The van der Waals surface area contributed by atoms with Crippen molar-refractivity contribution in [2.45, 2.75) is 45.8 Å². The van der Waals surface area contributed by atoms with Crippen molar-refractivity contribution < 1.29 is 19.8 Å². The Labute approximate surface area is 160 Å². The monoisotopic (exact) mass is 374 g/mol. The molecule has 2 N–H and O–H groups in total. The van der Waals surface area contributed by atoms with Crippen LogP contribution in [0.25, 0.3) is 0 Å². The molecule has 1 saturated heterocycles. The molecule has 2 aliphatic rings. The molecule has 2 heterocycles. The summed E-state index contributed by atoms with van der Waals surface area (Å²) in [7, 11) is 0. The van der Waals surface area contributed by atoms with E-state index in [4.69, 9.17) is 0 Å². The van der Waals surface area contributed by atoms with E-state index < -0.39 is 11.6 Å². The molecular formula is C21H30N2O4. The van der Waals surface area contributed by atoms with E-state index in [1.54, 1.807) is 24.3 Å². The molecule has 2 amide bonds. The molecule has 0 radical (unpaired) electrons. The number of likely N-dealkylation sites (tertiary alicyclic amines) is 1. The van der Waals surface area contributed by atoms with Crippen molar-refractivity contribution in [2.75, 3.05) is 26.2 Å². The molecule has 0 aromatic heterocycles. The maximum absolute atomic E-state index is 12.8. The highest BCUT2D eigenvalue weighted by molar-refractivity contribution is 6.21. The van der Waals surface area contributed by atoms with E-state index in [-0.39, 0.29) is 29.8 Å². The lowest BCUT2D eigenvalue weighted by Gasteiger charge is -2.41. The zero-order chi connectivity index (χ0) is 20.0. The number of aliphatic hydroxyl groups is 2. The average Bonchev–Trinajstić information content (AvgIpc) is 3.03. The molecule has 3 rings (SSSR count). The van der Waals surface area contributed by atoms with Gasteiger partial charge in [-0.05, 0) is 37.8 Å². The molecule has 2 atom stereocenters. The highest BCUT2D eigenvalue weighted by atomic mass is 16.3. The molecule has 1 aromatic carbocycles. The van der Waals surface area contributed by atoms with Crippen LogP contribution < -0.4 is 0 Å². The third-order valence-corrected chi connectivity index (χ3v) is 5.68. The number of hydrogen-bond acceptors (Lipinski definition) is 5. The molecule has 27 heavy (non-hydrogen) atoms. The number of rotatable bonds is 6. The lowest BCUT2D eigenvalue weighted by Crippen LogP contribution is -2.51. The molecule has 0 bridgehead atoms. The number of nitrogens with zero attached hydrogens (tertiary/aromatic N) is 2. The Morgan fingerprint density at radius 2 is 1.59 bits per heavy atom. The molecule has 6 nitrogen and oxygen atoms in total. The van der Waals surface area contributed by atoms with Gasteiger partial charge in [0.25, 0.3) is 11.8 Å². The van der Waals surface area contributed by atoms with Gasteiger partial charge in [-0.1, -0.05) is 26.0 Å². The minimum absolute atomic E-state index is 0.0152. The zero-order valence-corrected chi connectivity index (χ0v) is 16.6.